The van der Waals surface area contributed by atoms with Crippen LogP contribution < -0.4 is 5.32 Å². The fourth-order valence-corrected chi connectivity index (χ4v) is 3.65. The van der Waals surface area contributed by atoms with E-state index < -0.39 is 26.4 Å². The Balaban J connectivity index is 1.81. The zero-order valence-corrected chi connectivity index (χ0v) is 16.2. The van der Waals surface area contributed by atoms with Gasteiger partial charge in [0.05, 0.1) is 10.9 Å². The van der Waals surface area contributed by atoms with Gasteiger partial charge in [0.1, 0.15) is 0 Å². The first-order valence-electron chi connectivity index (χ1n) is 8.90. The van der Waals surface area contributed by atoms with E-state index in [1.54, 1.807) is 0 Å². The molecule has 4 nitrogen and oxygen atoms in total. The molecule has 3 aromatic carbocycles. The molecule has 0 aromatic heterocycles. The summed E-state index contributed by atoms with van der Waals surface area (Å²) >= 11 is 0. The van der Waals surface area contributed by atoms with E-state index in [9.17, 15) is 22.0 Å². The largest absolute Gasteiger partial charge is 0.345 e. The van der Waals surface area contributed by atoms with Crippen molar-refractivity contribution in [2.45, 2.75) is 23.1 Å². The molecule has 0 bridgehead atoms. The smallest absolute Gasteiger partial charge is 0.341 e. The summed E-state index contributed by atoms with van der Waals surface area (Å²) in [5.74, 6) is -3.92. The Morgan fingerprint density at radius 1 is 0.828 bits per heavy atom. The lowest BCUT2D eigenvalue weighted by atomic mass is 9.98. The third-order valence-electron chi connectivity index (χ3n) is 4.47. The van der Waals surface area contributed by atoms with Crippen LogP contribution in [0.4, 0.5) is 8.78 Å². The molecule has 0 heterocycles. The number of hydrogen-bond acceptors (Lipinski definition) is 3. The summed E-state index contributed by atoms with van der Waals surface area (Å²) < 4.78 is 48.4. The van der Waals surface area contributed by atoms with Crippen molar-refractivity contribution >= 4 is 15.7 Å². The van der Waals surface area contributed by atoms with Crippen molar-refractivity contribution < 1.29 is 22.0 Å². The van der Waals surface area contributed by atoms with E-state index in [4.69, 9.17) is 0 Å². The molecule has 3 rings (SSSR count). The first-order chi connectivity index (χ1) is 13.9. The number of halogens is 2. The van der Waals surface area contributed by atoms with Crippen molar-refractivity contribution in [1.29, 1.82) is 0 Å². The van der Waals surface area contributed by atoms with E-state index >= 15 is 0 Å². The molecule has 1 N–H and O–H groups in total. The number of amides is 1. The molecule has 0 aliphatic carbocycles. The second-order valence-corrected chi connectivity index (χ2v) is 8.37. The van der Waals surface area contributed by atoms with Crippen molar-refractivity contribution in [3.05, 3.63) is 102 Å². The SMILES string of the molecule is O=C(NC(Cc1ccccc1)c1ccccc1)c1ccc(S(=O)(=O)C(F)F)cc1. The van der Waals surface area contributed by atoms with E-state index in [-0.39, 0.29) is 11.6 Å². The van der Waals surface area contributed by atoms with Gasteiger partial charge >= 0.3 is 5.76 Å². The van der Waals surface area contributed by atoms with Gasteiger partial charge in [-0.15, -0.1) is 0 Å². The molecular formula is C22H19F2NO3S. The summed E-state index contributed by atoms with van der Waals surface area (Å²) in [6.07, 6.45) is 0.564. The normalized spacial score (nSPS) is 12.5. The second kappa shape index (κ2) is 8.96. The molecule has 0 aliphatic rings. The molecule has 1 amide bonds. The topological polar surface area (TPSA) is 63.2 Å². The molecule has 0 saturated heterocycles. The summed E-state index contributed by atoms with van der Waals surface area (Å²) in [6, 6.07) is 23.3. The van der Waals surface area contributed by atoms with Crippen LogP contribution in [-0.2, 0) is 16.3 Å². The summed E-state index contributed by atoms with van der Waals surface area (Å²) in [6.45, 7) is 0. The summed E-state index contributed by atoms with van der Waals surface area (Å²) in [5.41, 5.74) is 2.15. The number of hydrogen-bond donors (Lipinski definition) is 1. The Labute approximate surface area is 168 Å². The highest BCUT2D eigenvalue weighted by molar-refractivity contribution is 7.91. The first kappa shape index (κ1) is 20.7. The van der Waals surface area contributed by atoms with Gasteiger partial charge in [0.15, 0.2) is 0 Å². The standard InChI is InChI=1S/C22H19F2NO3S/c23-22(24)29(27,28)19-13-11-18(12-14-19)21(26)25-20(17-9-5-2-6-10-17)15-16-7-3-1-4-8-16/h1-14,20,22H,15H2,(H,25,26). The van der Waals surface area contributed by atoms with Gasteiger partial charge in [-0.3, -0.25) is 4.79 Å². The number of carbonyl (C=O) groups is 1. The third kappa shape index (κ3) is 5.06. The van der Waals surface area contributed by atoms with Crippen LogP contribution >= 0.6 is 0 Å². The van der Waals surface area contributed by atoms with E-state index in [1.165, 1.54) is 12.1 Å². The maximum Gasteiger partial charge on any atom is 0.341 e. The van der Waals surface area contributed by atoms with Crippen molar-refractivity contribution in [1.82, 2.24) is 5.32 Å². The fraction of sp³-hybridized carbons (Fsp3) is 0.136. The Morgan fingerprint density at radius 3 is 1.93 bits per heavy atom. The van der Waals surface area contributed by atoms with Crippen molar-refractivity contribution in [3.63, 3.8) is 0 Å². The summed E-state index contributed by atoms with van der Waals surface area (Å²) in [4.78, 5) is 12.2. The zero-order valence-electron chi connectivity index (χ0n) is 15.3. The van der Waals surface area contributed by atoms with Crippen LogP contribution in [0.5, 0.6) is 0 Å². The molecular weight excluding hydrogens is 396 g/mol. The second-order valence-electron chi connectivity index (χ2n) is 6.46. The van der Waals surface area contributed by atoms with Crippen LogP contribution in [0, 0.1) is 0 Å². The molecule has 3 aromatic rings. The molecule has 0 fully saturated rings. The Kier molecular flexibility index (Phi) is 6.39. The minimum atomic E-state index is -4.69. The van der Waals surface area contributed by atoms with Crippen LogP contribution in [0.2, 0.25) is 0 Å². The van der Waals surface area contributed by atoms with Gasteiger partial charge in [-0.25, -0.2) is 8.42 Å². The van der Waals surface area contributed by atoms with Crippen LogP contribution in [0.3, 0.4) is 0 Å². The van der Waals surface area contributed by atoms with Gasteiger partial charge in [0.25, 0.3) is 5.91 Å². The lowest BCUT2D eigenvalue weighted by Crippen LogP contribution is -2.30. The number of sulfone groups is 1. The minimum Gasteiger partial charge on any atom is -0.345 e. The highest BCUT2D eigenvalue weighted by atomic mass is 32.2. The monoisotopic (exact) mass is 415 g/mol. The molecule has 0 spiro atoms. The van der Waals surface area contributed by atoms with Gasteiger partial charge in [-0.2, -0.15) is 8.78 Å². The van der Waals surface area contributed by atoms with Crippen molar-refractivity contribution in [2.24, 2.45) is 0 Å². The number of carbonyl (C=O) groups excluding carboxylic acids is 1. The minimum absolute atomic E-state index is 0.187. The third-order valence-corrected chi connectivity index (χ3v) is 5.87. The summed E-state index contributed by atoms with van der Waals surface area (Å²) in [7, 11) is -4.69. The van der Waals surface area contributed by atoms with E-state index in [2.05, 4.69) is 5.32 Å². The highest BCUT2D eigenvalue weighted by Crippen LogP contribution is 2.21. The average Bonchev–Trinajstić information content (AvgIpc) is 2.74. The lowest BCUT2D eigenvalue weighted by molar-refractivity contribution is 0.0936. The molecule has 0 aliphatic heterocycles. The zero-order chi connectivity index (χ0) is 20.9. The van der Waals surface area contributed by atoms with Gasteiger partial charge < -0.3 is 5.32 Å². The Hall–Kier alpha value is -3.06. The van der Waals surface area contributed by atoms with Crippen LogP contribution in [0.15, 0.2) is 89.8 Å². The number of nitrogens with one attached hydrogen (secondary N) is 1. The lowest BCUT2D eigenvalue weighted by Gasteiger charge is -2.20. The molecule has 1 unspecified atom stereocenters. The van der Waals surface area contributed by atoms with Crippen molar-refractivity contribution in [3.8, 4) is 0 Å². The van der Waals surface area contributed by atoms with Gasteiger partial charge in [0.2, 0.25) is 9.84 Å². The van der Waals surface area contributed by atoms with Crippen LogP contribution in [0.25, 0.3) is 0 Å². The van der Waals surface area contributed by atoms with Gasteiger partial charge in [0, 0.05) is 5.56 Å². The predicted molar refractivity (Wildman–Crippen MR) is 106 cm³/mol. The van der Waals surface area contributed by atoms with E-state index in [0.29, 0.717) is 6.42 Å². The number of rotatable bonds is 7. The van der Waals surface area contributed by atoms with Gasteiger partial charge in [-0.05, 0) is 41.8 Å². The average molecular weight is 415 g/mol. The number of alkyl halides is 2. The summed E-state index contributed by atoms with van der Waals surface area (Å²) in [5, 5.41) is 2.94. The van der Waals surface area contributed by atoms with Crippen LogP contribution in [-0.4, -0.2) is 20.1 Å². The van der Waals surface area contributed by atoms with E-state index in [1.807, 2.05) is 60.7 Å². The van der Waals surface area contributed by atoms with Gasteiger partial charge in [-0.1, -0.05) is 60.7 Å². The Bertz CT molecular complexity index is 1050. The Morgan fingerprint density at radius 2 is 1.38 bits per heavy atom. The first-order valence-corrected chi connectivity index (χ1v) is 10.4. The quantitative estimate of drug-likeness (QED) is 0.622. The molecule has 1 atom stereocenters. The van der Waals surface area contributed by atoms with Crippen LogP contribution in [0.1, 0.15) is 27.5 Å². The molecule has 150 valence electrons. The maximum absolute atomic E-state index is 12.7. The molecule has 0 radical (unpaired) electrons. The predicted octanol–water partition coefficient (Wildman–Crippen LogP) is 4.40. The molecule has 0 saturated carbocycles. The number of benzene rings is 3. The molecule has 29 heavy (non-hydrogen) atoms. The van der Waals surface area contributed by atoms with Crippen molar-refractivity contribution in [2.75, 3.05) is 0 Å². The highest BCUT2D eigenvalue weighted by Gasteiger charge is 2.26. The molecule has 7 heteroatoms. The fourth-order valence-electron chi connectivity index (χ4n) is 2.93. The maximum atomic E-state index is 12.7. The van der Waals surface area contributed by atoms with E-state index in [0.717, 1.165) is 23.3 Å².